The van der Waals surface area contributed by atoms with Gasteiger partial charge in [0.15, 0.2) is 5.11 Å². The van der Waals surface area contributed by atoms with E-state index in [0.717, 1.165) is 10.5 Å². The van der Waals surface area contributed by atoms with E-state index >= 15 is 0 Å². The summed E-state index contributed by atoms with van der Waals surface area (Å²) in [5.74, 6) is -0.848. The molecule has 1 aromatic carbocycles. The van der Waals surface area contributed by atoms with Crippen LogP contribution in [-0.4, -0.2) is 21.8 Å². The zero-order valence-corrected chi connectivity index (χ0v) is 11.0. The van der Waals surface area contributed by atoms with E-state index in [2.05, 4.69) is 5.32 Å². The van der Waals surface area contributed by atoms with Crippen molar-refractivity contribution in [2.75, 3.05) is 0 Å². The smallest absolute Gasteiger partial charge is 0.283 e. The Bertz CT molecular complexity index is 566. The Kier molecular flexibility index (Phi) is 3.45. The Labute approximate surface area is 114 Å². The molecular weight excluding hydrogens is 272 g/mol. The lowest BCUT2D eigenvalue weighted by Gasteiger charge is -2.06. The van der Waals surface area contributed by atoms with Crippen molar-refractivity contribution in [3.05, 3.63) is 40.5 Å². The number of thiocarbonyl (C=S) groups is 1. The second-order valence-electron chi connectivity index (χ2n) is 3.70. The van der Waals surface area contributed by atoms with Crippen LogP contribution in [0.2, 0.25) is 5.02 Å². The van der Waals surface area contributed by atoms with Crippen LogP contribution in [0.5, 0.6) is 0 Å². The van der Waals surface area contributed by atoms with Crippen LogP contribution in [0, 0.1) is 0 Å². The van der Waals surface area contributed by atoms with E-state index in [0.29, 0.717) is 5.02 Å². The Hall–Kier alpha value is -1.72. The molecule has 1 aromatic rings. The molecule has 0 unspecified atom stereocenters. The molecule has 0 aromatic heterocycles. The Morgan fingerprint density at radius 2 is 2.00 bits per heavy atom. The van der Waals surface area contributed by atoms with Crippen molar-refractivity contribution in [1.29, 1.82) is 0 Å². The molecule has 18 heavy (non-hydrogen) atoms. The first-order chi connectivity index (χ1) is 8.49. The molecule has 0 bridgehead atoms. The zero-order valence-electron chi connectivity index (χ0n) is 9.44. The highest BCUT2D eigenvalue weighted by atomic mass is 35.5. The van der Waals surface area contributed by atoms with Crippen molar-refractivity contribution in [3.63, 3.8) is 0 Å². The van der Waals surface area contributed by atoms with Crippen LogP contribution >= 0.6 is 23.8 Å². The molecule has 1 aliphatic heterocycles. The summed E-state index contributed by atoms with van der Waals surface area (Å²) in [6.45, 7) is 1.29. The summed E-state index contributed by atoms with van der Waals surface area (Å²) < 4.78 is 0. The minimum atomic E-state index is -0.442. The van der Waals surface area contributed by atoms with Gasteiger partial charge in [0.2, 0.25) is 5.91 Å². The lowest BCUT2D eigenvalue weighted by Crippen LogP contribution is -2.34. The van der Waals surface area contributed by atoms with E-state index < -0.39 is 11.8 Å². The third kappa shape index (κ3) is 2.42. The third-order valence-electron chi connectivity index (χ3n) is 2.37. The summed E-state index contributed by atoms with van der Waals surface area (Å²) in [5, 5.41) is 3.43. The molecule has 1 N–H and O–H groups in total. The molecule has 0 saturated carbocycles. The van der Waals surface area contributed by atoms with Crippen molar-refractivity contribution < 1.29 is 9.59 Å². The van der Waals surface area contributed by atoms with Crippen LogP contribution in [0.1, 0.15) is 12.5 Å². The monoisotopic (exact) mass is 280 g/mol. The topological polar surface area (TPSA) is 49.4 Å². The molecule has 4 nitrogen and oxygen atoms in total. The van der Waals surface area contributed by atoms with Crippen molar-refractivity contribution >= 4 is 46.8 Å². The van der Waals surface area contributed by atoms with Crippen molar-refractivity contribution in [2.45, 2.75) is 6.92 Å². The van der Waals surface area contributed by atoms with E-state index in [9.17, 15) is 9.59 Å². The van der Waals surface area contributed by atoms with Gasteiger partial charge >= 0.3 is 0 Å². The first kappa shape index (κ1) is 12.7. The number of rotatable bonds is 1. The third-order valence-corrected chi connectivity index (χ3v) is 2.91. The molecule has 1 saturated heterocycles. The zero-order chi connectivity index (χ0) is 13.3. The fourth-order valence-electron chi connectivity index (χ4n) is 1.55. The molecule has 0 atom stereocenters. The number of halogens is 1. The van der Waals surface area contributed by atoms with Crippen LogP contribution < -0.4 is 5.32 Å². The number of benzene rings is 1. The highest BCUT2D eigenvalue weighted by molar-refractivity contribution is 7.80. The average molecular weight is 281 g/mol. The summed E-state index contributed by atoms with van der Waals surface area (Å²) in [6.07, 6.45) is 1.62. The molecule has 6 heteroatoms. The first-order valence-corrected chi connectivity index (χ1v) is 5.91. The number of amides is 2. The van der Waals surface area contributed by atoms with Crippen LogP contribution in [0.15, 0.2) is 30.0 Å². The predicted octanol–water partition coefficient (Wildman–Crippen LogP) is 1.94. The fourth-order valence-corrected chi connectivity index (χ4v) is 1.99. The standard InChI is InChI=1S/C12H9ClN2O2S/c1-7(16)15-11(17)10(14-12(15)18)6-8-2-4-9(13)5-3-8/h2-6H,1H3,(H,14,18)/b10-6+. The minimum Gasteiger partial charge on any atom is -0.327 e. The number of imide groups is 1. The van der Waals surface area contributed by atoms with Crippen LogP contribution in [0.4, 0.5) is 0 Å². The number of carbonyl (C=O) groups is 2. The van der Waals surface area contributed by atoms with Gasteiger partial charge in [-0.15, -0.1) is 0 Å². The summed E-state index contributed by atoms with van der Waals surface area (Å²) in [4.78, 5) is 24.1. The lowest BCUT2D eigenvalue weighted by molar-refractivity contribution is -0.135. The molecular formula is C12H9ClN2O2S. The summed E-state index contributed by atoms with van der Waals surface area (Å²) in [7, 11) is 0. The predicted molar refractivity (Wildman–Crippen MR) is 72.7 cm³/mol. The Balaban J connectivity index is 2.30. The molecule has 1 heterocycles. The van der Waals surface area contributed by atoms with Crippen LogP contribution in [0.3, 0.4) is 0 Å². The van der Waals surface area contributed by atoms with Crippen molar-refractivity contribution in [2.24, 2.45) is 0 Å². The minimum absolute atomic E-state index is 0.104. The van der Waals surface area contributed by atoms with Crippen molar-refractivity contribution in [1.82, 2.24) is 10.2 Å². The second kappa shape index (κ2) is 4.88. The summed E-state index contributed by atoms with van der Waals surface area (Å²) >= 11 is 10.7. The maximum atomic E-state index is 11.9. The lowest BCUT2D eigenvalue weighted by atomic mass is 10.2. The molecule has 1 aliphatic rings. The van der Waals surface area contributed by atoms with Gasteiger partial charge in [0.1, 0.15) is 5.70 Å². The van der Waals surface area contributed by atoms with E-state index in [-0.39, 0.29) is 10.8 Å². The molecule has 92 valence electrons. The van der Waals surface area contributed by atoms with Gasteiger partial charge < -0.3 is 5.32 Å². The molecule has 2 rings (SSSR count). The summed E-state index contributed by atoms with van der Waals surface area (Å²) in [6, 6.07) is 6.97. The van der Waals surface area contributed by atoms with Crippen LogP contribution in [0.25, 0.3) is 6.08 Å². The molecule has 0 spiro atoms. The highest BCUT2D eigenvalue weighted by Gasteiger charge is 2.33. The number of hydrogen-bond acceptors (Lipinski definition) is 3. The van der Waals surface area contributed by atoms with Gasteiger partial charge in [-0.1, -0.05) is 23.7 Å². The fraction of sp³-hybridized carbons (Fsp3) is 0.0833. The van der Waals surface area contributed by atoms with Crippen LogP contribution in [-0.2, 0) is 9.59 Å². The number of hydrogen-bond donors (Lipinski definition) is 1. The molecule has 1 fully saturated rings. The SMILES string of the molecule is CC(=O)N1C(=O)/C(=C\c2ccc(Cl)cc2)NC1=S. The van der Waals surface area contributed by atoms with E-state index in [1.807, 2.05) is 0 Å². The molecule has 0 radical (unpaired) electrons. The average Bonchev–Trinajstić information content (AvgIpc) is 2.57. The van der Waals surface area contributed by atoms with Gasteiger partial charge in [-0.05, 0) is 36.0 Å². The van der Waals surface area contributed by atoms with Gasteiger partial charge in [-0.3, -0.25) is 9.59 Å². The quantitative estimate of drug-likeness (QED) is 0.631. The summed E-state index contributed by atoms with van der Waals surface area (Å²) in [5.41, 5.74) is 1.07. The van der Waals surface area contributed by atoms with E-state index in [1.165, 1.54) is 6.92 Å². The number of carbonyl (C=O) groups excluding carboxylic acids is 2. The Morgan fingerprint density at radius 3 is 2.50 bits per heavy atom. The highest BCUT2D eigenvalue weighted by Crippen LogP contribution is 2.16. The van der Waals surface area contributed by atoms with E-state index in [1.54, 1.807) is 30.3 Å². The number of nitrogens with zero attached hydrogens (tertiary/aromatic N) is 1. The van der Waals surface area contributed by atoms with E-state index in [4.69, 9.17) is 23.8 Å². The Morgan fingerprint density at radius 1 is 1.39 bits per heavy atom. The molecule has 0 aliphatic carbocycles. The molecule has 2 amide bonds. The second-order valence-corrected chi connectivity index (χ2v) is 4.52. The number of nitrogens with one attached hydrogen (secondary N) is 1. The normalized spacial score (nSPS) is 17.2. The van der Waals surface area contributed by atoms with Gasteiger partial charge in [-0.2, -0.15) is 0 Å². The largest absolute Gasteiger partial charge is 0.327 e. The maximum Gasteiger partial charge on any atom is 0.283 e. The van der Waals surface area contributed by atoms with Gasteiger partial charge in [0.05, 0.1) is 0 Å². The van der Waals surface area contributed by atoms with Gasteiger partial charge in [0, 0.05) is 11.9 Å². The maximum absolute atomic E-state index is 11.9. The van der Waals surface area contributed by atoms with Crippen molar-refractivity contribution in [3.8, 4) is 0 Å². The van der Waals surface area contributed by atoms with Gasteiger partial charge in [0.25, 0.3) is 5.91 Å². The van der Waals surface area contributed by atoms with Gasteiger partial charge in [-0.25, -0.2) is 4.90 Å². The first-order valence-electron chi connectivity index (χ1n) is 5.12.